The van der Waals surface area contributed by atoms with Crippen LogP contribution < -0.4 is 4.72 Å². The number of imidazole rings is 1. The monoisotopic (exact) mass is 339 g/mol. The summed E-state index contributed by atoms with van der Waals surface area (Å²) in [7, 11) is -1.73. The Hall–Kier alpha value is -1.73. The van der Waals surface area contributed by atoms with Crippen LogP contribution in [-0.2, 0) is 17.1 Å². The maximum atomic E-state index is 13.6. The molecule has 1 aromatic heterocycles. The molecular formula is C16H22FN3O2S. The van der Waals surface area contributed by atoms with E-state index in [1.165, 1.54) is 12.1 Å². The first-order chi connectivity index (χ1) is 10.8. The van der Waals surface area contributed by atoms with Crippen molar-refractivity contribution in [3.05, 3.63) is 53.9 Å². The molecule has 0 aliphatic heterocycles. The first kappa shape index (κ1) is 17.6. The Bertz CT molecular complexity index is 756. The zero-order valence-corrected chi connectivity index (χ0v) is 14.3. The lowest BCUT2D eigenvalue weighted by molar-refractivity contribution is 0.546. The highest BCUT2D eigenvalue weighted by atomic mass is 32.2. The number of aromatic nitrogens is 2. The second-order valence-corrected chi connectivity index (χ2v) is 7.88. The summed E-state index contributed by atoms with van der Waals surface area (Å²) in [5.41, 5.74) is 0.521. The van der Waals surface area contributed by atoms with E-state index in [2.05, 4.69) is 9.71 Å². The number of aryl methyl sites for hydroxylation is 1. The van der Waals surface area contributed by atoms with Crippen molar-refractivity contribution in [3.8, 4) is 0 Å². The first-order valence-electron chi connectivity index (χ1n) is 7.51. The van der Waals surface area contributed by atoms with Gasteiger partial charge in [-0.05, 0) is 30.0 Å². The van der Waals surface area contributed by atoms with Gasteiger partial charge in [0.05, 0.1) is 5.75 Å². The van der Waals surface area contributed by atoms with Crippen molar-refractivity contribution in [3.63, 3.8) is 0 Å². The van der Waals surface area contributed by atoms with Gasteiger partial charge in [0.2, 0.25) is 10.0 Å². The highest BCUT2D eigenvalue weighted by Crippen LogP contribution is 2.22. The van der Waals surface area contributed by atoms with Crippen molar-refractivity contribution in [2.45, 2.75) is 26.3 Å². The minimum atomic E-state index is -3.51. The summed E-state index contributed by atoms with van der Waals surface area (Å²) >= 11 is 0. The molecule has 1 N–H and O–H groups in total. The molecule has 0 aliphatic carbocycles. The molecule has 0 fully saturated rings. The van der Waals surface area contributed by atoms with Gasteiger partial charge in [0.1, 0.15) is 17.7 Å². The van der Waals surface area contributed by atoms with E-state index in [-0.39, 0.29) is 11.7 Å². The third-order valence-electron chi connectivity index (χ3n) is 3.56. The number of hydrogen-bond acceptors (Lipinski definition) is 3. The predicted molar refractivity (Wildman–Crippen MR) is 87.8 cm³/mol. The molecule has 1 aromatic carbocycles. The van der Waals surface area contributed by atoms with Crippen molar-refractivity contribution in [2.24, 2.45) is 13.0 Å². The van der Waals surface area contributed by atoms with Crippen LogP contribution >= 0.6 is 0 Å². The SMILES string of the molecule is CC(C)CCS(=O)(=O)N[C@@H](c1cccc(F)c1)c1nccn1C. The molecule has 0 radical (unpaired) electrons. The van der Waals surface area contributed by atoms with E-state index in [9.17, 15) is 12.8 Å². The number of halogens is 1. The lowest BCUT2D eigenvalue weighted by Crippen LogP contribution is -2.33. The predicted octanol–water partition coefficient (Wildman–Crippen LogP) is 2.61. The summed E-state index contributed by atoms with van der Waals surface area (Å²) in [5.74, 6) is 0.417. The number of benzene rings is 1. The molecule has 126 valence electrons. The van der Waals surface area contributed by atoms with Crippen LogP contribution in [0.5, 0.6) is 0 Å². The Balaban J connectivity index is 2.34. The van der Waals surface area contributed by atoms with Crippen molar-refractivity contribution < 1.29 is 12.8 Å². The first-order valence-corrected chi connectivity index (χ1v) is 9.16. The molecule has 0 saturated carbocycles. The zero-order chi connectivity index (χ0) is 17.0. The van der Waals surface area contributed by atoms with Crippen LogP contribution in [0.3, 0.4) is 0 Å². The van der Waals surface area contributed by atoms with Gasteiger partial charge in [0, 0.05) is 19.4 Å². The van der Waals surface area contributed by atoms with Gasteiger partial charge in [-0.1, -0.05) is 26.0 Å². The molecule has 0 saturated heterocycles. The molecule has 0 aliphatic rings. The number of nitrogens with zero attached hydrogens (tertiary/aromatic N) is 2. The molecule has 0 spiro atoms. The maximum Gasteiger partial charge on any atom is 0.212 e. The highest BCUT2D eigenvalue weighted by Gasteiger charge is 2.24. The summed E-state index contributed by atoms with van der Waals surface area (Å²) < 4.78 is 42.7. The molecule has 5 nitrogen and oxygen atoms in total. The Morgan fingerprint density at radius 3 is 2.65 bits per heavy atom. The topological polar surface area (TPSA) is 64.0 Å². The summed E-state index contributed by atoms with van der Waals surface area (Å²) in [6.07, 6.45) is 3.87. The lowest BCUT2D eigenvalue weighted by atomic mass is 10.1. The molecule has 1 atom stereocenters. The number of hydrogen-bond donors (Lipinski definition) is 1. The summed E-state index contributed by atoms with van der Waals surface area (Å²) in [6.45, 7) is 3.94. The van der Waals surface area contributed by atoms with Crippen LogP contribution in [-0.4, -0.2) is 23.7 Å². The third kappa shape index (κ3) is 4.87. The molecule has 0 amide bonds. The standard InChI is InChI=1S/C16H22FN3O2S/c1-12(2)7-10-23(21,22)19-15(16-18-8-9-20(16)3)13-5-4-6-14(17)11-13/h4-6,8-9,11-12,15,19H,7,10H2,1-3H3/t15-/m0/s1. The van der Waals surface area contributed by atoms with Crippen molar-refractivity contribution >= 4 is 10.0 Å². The second-order valence-electron chi connectivity index (χ2n) is 6.00. The number of sulfonamides is 1. The molecular weight excluding hydrogens is 317 g/mol. The van der Waals surface area contributed by atoms with Gasteiger partial charge in [-0.15, -0.1) is 0 Å². The van der Waals surface area contributed by atoms with Gasteiger partial charge >= 0.3 is 0 Å². The summed E-state index contributed by atoms with van der Waals surface area (Å²) in [4.78, 5) is 4.22. The Kier molecular flexibility index (Phi) is 5.54. The molecule has 23 heavy (non-hydrogen) atoms. The minimum absolute atomic E-state index is 0.0287. The maximum absolute atomic E-state index is 13.6. The molecule has 7 heteroatoms. The average Bonchev–Trinajstić information content (AvgIpc) is 2.89. The van der Waals surface area contributed by atoms with Crippen molar-refractivity contribution in [1.82, 2.24) is 14.3 Å². The van der Waals surface area contributed by atoms with Crippen LogP contribution in [0.1, 0.15) is 37.7 Å². The van der Waals surface area contributed by atoms with Crippen LogP contribution in [0.25, 0.3) is 0 Å². The second kappa shape index (κ2) is 7.23. The van der Waals surface area contributed by atoms with Crippen molar-refractivity contribution in [1.29, 1.82) is 0 Å². The fraction of sp³-hybridized carbons (Fsp3) is 0.438. The fourth-order valence-electron chi connectivity index (χ4n) is 2.24. The van der Waals surface area contributed by atoms with Gasteiger partial charge in [0.25, 0.3) is 0 Å². The molecule has 2 rings (SSSR count). The summed E-state index contributed by atoms with van der Waals surface area (Å²) in [6, 6.07) is 5.18. The van der Waals surface area contributed by atoms with E-state index in [4.69, 9.17) is 0 Å². The normalized spacial score (nSPS) is 13.4. The average molecular weight is 339 g/mol. The van der Waals surface area contributed by atoms with Crippen LogP contribution in [0, 0.1) is 11.7 Å². The van der Waals surface area contributed by atoms with Gasteiger partial charge in [-0.2, -0.15) is 0 Å². The van der Waals surface area contributed by atoms with Crippen LogP contribution in [0.15, 0.2) is 36.7 Å². The van der Waals surface area contributed by atoms with Crippen molar-refractivity contribution in [2.75, 3.05) is 5.75 Å². The number of nitrogens with one attached hydrogen (secondary N) is 1. The van der Waals surface area contributed by atoms with Crippen LogP contribution in [0.2, 0.25) is 0 Å². The van der Waals surface area contributed by atoms with Gasteiger partial charge in [-0.25, -0.2) is 22.5 Å². The molecule has 0 unspecified atom stereocenters. The quantitative estimate of drug-likeness (QED) is 0.843. The van der Waals surface area contributed by atoms with E-state index < -0.39 is 21.9 Å². The van der Waals surface area contributed by atoms with Gasteiger partial charge in [-0.3, -0.25) is 0 Å². The van der Waals surface area contributed by atoms with E-state index >= 15 is 0 Å². The molecule has 1 heterocycles. The number of rotatable bonds is 7. The van der Waals surface area contributed by atoms with E-state index in [0.717, 1.165) is 0 Å². The molecule has 2 aromatic rings. The van der Waals surface area contributed by atoms with Crippen LogP contribution in [0.4, 0.5) is 4.39 Å². The Morgan fingerprint density at radius 1 is 1.35 bits per heavy atom. The Labute approximate surface area is 136 Å². The van der Waals surface area contributed by atoms with Gasteiger partial charge < -0.3 is 4.57 Å². The van der Waals surface area contributed by atoms with Gasteiger partial charge in [0.15, 0.2) is 0 Å². The smallest absolute Gasteiger partial charge is 0.212 e. The largest absolute Gasteiger partial charge is 0.336 e. The van der Waals surface area contributed by atoms with E-state index in [0.29, 0.717) is 17.8 Å². The van der Waals surface area contributed by atoms with E-state index in [1.807, 2.05) is 13.8 Å². The highest BCUT2D eigenvalue weighted by molar-refractivity contribution is 7.89. The lowest BCUT2D eigenvalue weighted by Gasteiger charge is -2.19. The third-order valence-corrected chi connectivity index (χ3v) is 4.93. The minimum Gasteiger partial charge on any atom is -0.336 e. The Morgan fingerprint density at radius 2 is 2.09 bits per heavy atom. The summed E-state index contributed by atoms with van der Waals surface area (Å²) in [5, 5.41) is 0. The van der Waals surface area contributed by atoms with E-state index in [1.54, 1.807) is 36.1 Å². The fourth-order valence-corrected chi connectivity index (χ4v) is 3.74. The zero-order valence-electron chi connectivity index (χ0n) is 13.5. The molecule has 0 bridgehead atoms.